The number of anilines is 2. The number of aryl methyl sites for hydroxylation is 1. The molecule has 2 aromatic heterocycles. The van der Waals surface area contributed by atoms with Gasteiger partial charge < -0.3 is 10.2 Å². The van der Waals surface area contributed by atoms with Crippen LogP contribution in [0.25, 0.3) is 22.0 Å². The molecular weight excluding hydrogens is 433 g/mol. The van der Waals surface area contributed by atoms with Crippen LogP contribution in [-0.2, 0) is 13.6 Å². The van der Waals surface area contributed by atoms with E-state index >= 15 is 0 Å². The number of halogens is 1. The van der Waals surface area contributed by atoms with Crippen LogP contribution >= 0.6 is 11.6 Å². The summed E-state index contributed by atoms with van der Waals surface area (Å²) in [5.41, 5.74) is 6.24. The molecule has 1 fully saturated rings. The van der Waals surface area contributed by atoms with Crippen LogP contribution in [-0.4, -0.2) is 70.6 Å². The fourth-order valence-corrected chi connectivity index (χ4v) is 4.61. The van der Waals surface area contributed by atoms with Crippen molar-refractivity contribution >= 4 is 47.4 Å². The van der Waals surface area contributed by atoms with E-state index in [0.717, 1.165) is 65.9 Å². The highest BCUT2D eigenvalue weighted by molar-refractivity contribution is 6.39. The van der Waals surface area contributed by atoms with Gasteiger partial charge in [0, 0.05) is 68.8 Å². The first-order valence-corrected chi connectivity index (χ1v) is 11.5. The molecule has 0 bridgehead atoms. The molecule has 0 unspecified atom stereocenters. The monoisotopic (exact) mass is 459 g/mol. The van der Waals surface area contributed by atoms with Crippen molar-refractivity contribution in [2.75, 3.05) is 38.5 Å². The van der Waals surface area contributed by atoms with Crippen LogP contribution in [0.1, 0.15) is 5.56 Å². The van der Waals surface area contributed by atoms with Gasteiger partial charge >= 0.3 is 0 Å². The maximum absolute atomic E-state index is 6.45. The molecule has 1 N–H and O–H groups in total. The van der Waals surface area contributed by atoms with E-state index in [1.54, 1.807) is 0 Å². The topological polar surface area (TPSA) is 62.1 Å². The Labute approximate surface area is 199 Å². The van der Waals surface area contributed by atoms with Gasteiger partial charge in [-0.05, 0) is 42.4 Å². The minimum atomic E-state index is 0.530. The zero-order valence-electron chi connectivity index (χ0n) is 19.2. The fraction of sp³-hybridized carbons (Fsp3) is 0.292. The number of likely N-dealkylation sites (N-methyl/N-ethyl adjacent to an activating group) is 1. The molecule has 7 nitrogen and oxygen atoms in total. The molecule has 0 spiro atoms. The van der Waals surface area contributed by atoms with Gasteiger partial charge in [-0.2, -0.15) is 5.10 Å². The molecule has 1 saturated heterocycles. The van der Waals surface area contributed by atoms with E-state index in [1.807, 2.05) is 50.3 Å². The van der Waals surface area contributed by atoms with Crippen LogP contribution in [0.3, 0.4) is 0 Å². The first-order chi connectivity index (χ1) is 15.9. The Morgan fingerprint density at radius 3 is 2.58 bits per heavy atom. The van der Waals surface area contributed by atoms with Crippen LogP contribution in [0.4, 0.5) is 11.6 Å². The summed E-state index contributed by atoms with van der Waals surface area (Å²) in [5, 5.41) is 9.33. The lowest BCUT2D eigenvalue weighted by molar-refractivity contribution is 0.148. The van der Waals surface area contributed by atoms with Crippen molar-refractivity contribution in [3.8, 4) is 11.1 Å². The molecule has 0 radical (unpaired) electrons. The smallest absolute Gasteiger partial charge is 0.227 e. The fourth-order valence-electron chi connectivity index (χ4n) is 4.29. The molecule has 1 aliphatic heterocycles. The molecule has 168 valence electrons. The van der Waals surface area contributed by atoms with E-state index in [0.29, 0.717) is 11.0 Å². The van der Waals surface area contributed by atoms with Gasteiger partial charge in [-0.3, -0.25) is 9.58 Å². The number of rotatable bonds is 5. The van der Waals surface area contributed by atoms with Gasteiger partial charge in [-0.25, -0.2) is 9.97 Å². The summed E-state index contributed by atoms with van der Waals surface area (Å²) in [6.07, 6.45) is 5.75. The maximum atomic E-state index is 6.45. The molecule has 0 aliphatic carbocycles. The van der Waals surface area contributed by atoms with E-state index in [4.69, 9.17) is 11.6 Å². The molecule has 33 heavy (non-hydrogen) atoms. The van der Waals surface area contributed by atoms with E-state index in [2.05, 4.69) is 55.4 Å². The highest BCUT2D eigenvalue weighted by atomic mass is 35.5. The number of nitrogens with zero attached hydrogens (tertiary/aromatic N) is 6. The second-order valence-corrected chi connectivity index (χ2v) is 9.31. The third-order valence-corrected chi connectivity index (χ3v) is 6.36. The van der Waals surface area contributed by atoms with Crippen molar-refractivity contribution < 1.29 is 0 Å². The molecule has 0 amide bonds. The van der Waals surface area contributed by atoms with Crippen LogP contribution in [0, 0.1) is 0 Å². The van der Waals surface area contributed by atoms with Crippen molar-refractivity contribution in [2.45, 2.75) is 6.54 Å². The van der Waals surface area contributed by atoms with E-state index in [-0.39, 0.29) is 0 Å². The van der Waals surface area contributed by atoms with Crippen molar-refractivity contribution in [2.24, 2.45) is 7.05 Å². The molecular formula is C24H27BClN7. The lowest BCUT2D eigenvalue weighted by atomic mass is 9.95. The molecule has 5 rings (SSSR count). The molecule has 0 saturated carbocycles. The Bertz CT molecular complexity index is 1300. The quantitative estimate of drug-likeness (QED) is 0.463. The number of fused-ring (bicyclic) bond motifs is 1. The van der Waals surface area contributed by atoms with E-state index in [1.165, 1.54) is 5.56 Å². The average molecular weight is 460 g/mol. The Hall–Kier alpha value is -2.94. The molecule has 1 aliphatic rings. The predicted molar refractivity (Wildman–Crippen MR) is 137 cm³/mol. The third kappa shape index (κ3) is 5.03. The van der Waals surface area contributed by atoms with Crippen LogP contribution in [0.15, 0.2) is 48.9 Å². The minimum Gasteiger partial charge on any atom is -0.324 e. The maximum Gasteiger partial charge on any atom is 0.227 e. The second kappa shape index (κ2) is 9.13. The number of nitrogens with one attached hydrogen (secondary N) is 1. The third-order valence-electron chi connectivity index (χ3n) is 6.07. The summed E-state index contributed by atoms with van der Waals surface area (Å²) < 4.78 is 1.83. The zero-order valence-corrected chi connectivity index (χ0v) is 20.0. The van der Waals surface area contributed by atoms with Crippen molar-refractivity contribution in [3.05, 3.63) is 59.5 Å². The SMILES string of the molecule is Bc1cc(Cl)c2nc(Nc3cc(CN4CCN(C)CC4)cc(-c4cnn(C)c4)c3)ncc2c1. The second-order valence-electron chi connectivity index (χ2n) is 8.90. The predicted octanol–water partition coefficient (Wildman–Crippen LogP) is 2.43. The van der Waals surface area contributed by atoms with Crippen LogP contribution < -0.4 is 10.8 Å². The standard InChI is InChI=1S/C24H27BClN7/c1-31-3-5-33(6-4-31)14-16-7-17(19-13-28-32(2)15-19)10-21(8-16)29-24-27-12-18-9-20(25)11-22(26)23(18)30-24/h7-13,15H,3-6,14,25H2,1-2H3,(H,27,29,30). The number of hydrogen-bond acceptors (Lipinski definition) is 6. The highest BCUT2D eigenvalue weighted by Crippen LogP contribution is 2.28. The van der Waals surface area contributed by atoms with Crippen molar-refractivity contribution in [1.82, 2.24) is 29.5 Å². The molecule has 2 aromatic carbocycles. The number of hydrogen-bond donors (Lipinski definition) is 1. The number of aromatic nitrogens is 4. The molecule has 0 atom stereocenters. The summed E-state index contributed by atoms with van der Waals surface area (Å²) in [6.45, 7) is 5.24. The van der Waals surface area contributed by atoms with Gasteiger partial charge in [-0.15, -0.1) is 0 Å². The zero-order chi connectivity index (χ0) is 22.9. The van der Waals surface area contributed by atoms with E-state index in [9.17, 15) is 0 Å². The average Bonchev–Trinajstić information content (AvgIpc) is 3.22. The molecule has 3 heterocycles. The van der Waals surface area contributed by atoms with Gasteiger partial charge in [0.05, 0.1) is 16.7 Å². The Morgan fingerprint density at radius 1 is 1.00 bits per heavy atom. The van der Waals surface area contributed by atoms with Crippen LogP contribution in [0.2, 0.25) is 5.02 Å². The summed E-state index contributed by atoms with van der Waals surface area (Å²) in [7, 11) is 6.13. The molecule has 4 aromatic rings. The van der Waals surface area contributed by atoms with Gasteiger partial charge in [0.15, 0.2) is 0 Å². The number of piperazine rings is 1. The van der Waals surface area contributed by atoms with Crippen molar-refractivity contribution in [1.29, 1.82) is 0 Å². The van der Waals surface area contributed by atoms with Crippen molar-refractivity contribution in [3.63, 3.8) is 0 Å². The summed E-state index contributed by atoms with van der Waals surface area (Å²) >= 11 is 6.45. The minimum absolute atomic E-state index is 0.530. The van der Waals surface area contributed by atoms with Gasteiger partial charge in [0.25, 0.3) is 0 Å². The first-order valence-electron chi connectivity index (χ1n) is 11.2. The Kier molecular flexibility index (Phi) is 6.06. The van der Waals surface area contributed by atoms with Gasteiger partial charge in [-0.1, -0.05) is 23.1 Å². The largest absolute Gasteiger partial charge is 0.324 e. The lowest BCUT2D eigenvalue weighted by Gasteiger charge is -2.32. The summed E-state index contributed by atoms with van der Waals surface area (Å²) in [4.78, 5) is 14.1. The van der Waals surface area contributed by atoms with Crippen LogP contribution in [0.5, 0.6) is 0 Å². The van der Waals surface area contributed by atoms with E-state index < -0.39 is 0 Å². The van der Waals surface area contributed by atoms with Gasteiger partial charge in [0.2, 0.25) is 5.95 Å². The number of benzene rings is 2. The Morgan fingerprint density at radius 2 is 1.82 bits per heavy atom. The first kappa shape index (κ1) is 21.9. The lowest BCUT2D eigenvalue weighted by Crippen LogP contribution is -2.43. The normalized spacial score (nSPS) is 15.2. The summed E-state index contributed by atoms with van der Waals surface area (Å²) in [5.74, 6) is 0.530. The Balaban J connectivity index is 1.47. The highest BCUT2D eigenvalue weighted by Gasteiger charge is 2.15. The summed E-state index contributed by atoms with van der Waals surface area (Å²) in [6, 6.07) is 10.5. The van der Waals surface area contributed by atoms with Gasteiger partial charge in [0.1, 0.15) is 7.85 Å². The molecule has 9 heteroatoms.